The van der Waals surface area contributed by atoms with Gasteiger partial charge >= 0.3 is 0 Å². The molecule has 286 valence electrons. The lowest BCUT2D eigenvalue weighted by atomic mass is 9.72. The van der Waals surface area contributed by atoms with Gasteiger partial charge in [-0.1, -0.05) is 158 Å². The van der Waals surface area contributed by atoms with Gasteiger partial charge in [0.25, 0.3) is 0 Å². The summed E-state index contributed by atoms with van der Waals surface area (Å²) in [4.78, 5) is 9.92. The zero-order valence-electron chi connectivity index (χ0n) is 33.5. The van der Waals surface area contributed by atoms with Gasteiger partial charge in [-0.05, 0) is 130 Å². The second-order valence-corrected chi connectivity index (χ2v) is 16.8. The summed E-state index contributed by atoms with van der Waals surface area (Å²) in [6, 6.07) is 74.2. The Hall–Kier alpha value is -8.14. The van der Waals surface area contributed by atoms with Crippen LogP contribution in [0, 0.1) is 0 Å². The third-order valence-electron chi connectivity index (χ3n) is 13.9. The first-order valence-electron chi connectivity index (χ1n) is 21.4. The van der Waals surface area contributed by atoms with Crippen molar-refractivity contribution < 1.29 is 0 Å². The lowest BCUT2D eigenvalue weighted by Gasteiger charge is -2.30. The number of aromatic nitrogens is 3. The first kappa shape index (κ1) is 33.7. The Morgan fingerprint density at radius 1 is 0.371 bits per heavy atom. The molecule has 3 heteroatoms. The number of nitrogens with zero attached hydrogens (tertiary/aromatic N) is 3. The van der Waals surface area contributed by atoms with Crippen LogP contribution in [0.2, 0.25) is 0 Å². The summed E-state index contributed by atoms with van der Waals surface area (Å²) in [7, 11) is 0. The minimum absolute atomic E-state index is 0.668. The summed E-state index contributed by atoms with van der Waals surface area (Å²) in [5.41, 5.74) is 17.3. The maximum atomic E-state index is 5.26. The average molecular weight is 786 g/mol. The molecule has 2 aromatic heterocycles. The quantitative estimate of drug-likeness (QED) is 0.167. The number of fused-ring (bicyclic) bond motifs is 16. The third-order valence-corrected chi connectivity index (χ3v) is 13.9. The molecule has 2 heterocycles. The Bertz CT molecular complexity index is 3820. The molecule has 0 radical (unpaired) electrons. The molecule has 0 amide bonds. The Morgan fingerprint density at radius 2 is 0.968 bits per heavy atom. The maximum absolute atomic E-state index is 5.26. The van der Waals surface area contributed by atoms with Crippen LogP contribution >= 0.6 is 0 Å². The lowest BCUT2D eigenvalue weighted by molar-refractivity contribution is 0.756. The highest BCUT2D eigenvalue weighted by Crippen LogP contribution is 2.63. The zero-order chi connectivity index (χ0) is 40.5. The molecule has 12 aromatic rings. The average Bonchev–Trinajstić information content (AvgIpc) is 3.93. The molecule has 1 unspecified atom stereocenters. The smallest absolute Gasteiger partial charge is 0.115 e. The zero-order valence-corrected chi connectivity index (χ0v) is 33.5. The van der Waals surface area contributed by atoms with Crippen LogP contribution in [0.3, 0.4) is 0 Å². The third kappa shape index (κ3) is 4.34. The number of benzene rings is 10. The van der Waals surface area contributed by atoms with Crippen LogP contribution in [0.5, 0.6) is 0 Å². The van der Waals surface area contributed by atoms with E-state index in [1.807, 2.05) is 6.20 Å². The van der Waals surface area contributed by atoms with E-state index in [9.17, 15) is 0 Å². The monoisotopic (exact) mass is 785 g/mol. The molecule has 0 saturated carbocycles. The van der Waals surface area contributed by atoms with Crippen molar-refractivity contribution >= 4 is 54.1 Å². The van der Waals surface area contributed by atoms with E-state index in [0.29, 0.717) is 0 Å². The van der Waals surface area contributed by atoms with Gasteiger partial charge in [0.05, 0.1) is 22.1 Å². The van der Waals surface area contributed by atoms with Crippen LogP contribution in [-0.2, 0) is 5.41 Å². The first-order chi connectivity index (χ1) is 30.8. The van der Waals surface area contributed by atoms with Crippen molar-refractivity contribution in [2.45, 2.75) is 5.41 Å². The normalized spacial score (nSPS) is 14.8. The standard InChI is InChI=1S/C59H35N3/c1-2-16-40(17-3-1)62-54-25-13-11-19-43(54)49-32-48-41-18-10-12-24-51(41)59(53(48)33-55(49)62)52-31-39(28-29-42(52)50-34-60-35-61-58(50)59)57-46-22-8-6-20-44(46)56(45-21-7-9-23-47(45)57)38-27-26-36-14-4-5-15-37(36)30-38/h1-35H. The Balaban J connectivity index is 1.08. The molecule has 0 bridgehead atoms. The maximum Gasteiger partial charge on any atom is 0.115 e. The SMILES string of the molecule is c1ccc(-n2c3ccccc3c3cc4c(cc32)C2(c3ccccc3-4)c3cc(-c4c5ccccc5c(-c5ccc6ccccc6c5)c5ccccc45)ccc3-c3cncnc32)cc1. The Kier molecular flexibility index (Phi) is 6.76. The molecule has 0 aliphatic heterocycles. The fraction of sp³-hybridized carbons (Fsp3) is 0.0169. The molecule has 1 spiro atoms. The van der Waals surface area contributed by atoms with Gasteiger partial charge < -0.3 is 4.57 Å². The van der Waals surface area contributed by atoms with Crippen molar-refractivity contribution in [3.8, 4) is 50.2 Å². The van der Waals surface area contributed by atoms with Gasteiger partial charge in [0, 0.05) is 28.2 Å². The summed E-state index contributed by atoms with van der Waals surface area (Å²) in [5.74, 6) is 0. The molecule has 14 rings (SSSR count). The largest absolute Gasteiger partial charge is 0.309 e. The van der Waals surface area contributed by atoms with Gasteiger partial charge in [-0.3, -0.25) is 0 Å². The number of hydrogen-bond donors (Lipinski definition) is 0. The molecule has 2 aliphatic rings. The van der Waals surface area contributed by atoms with Gasteiger partial charge in [0.1, 0.15) is 6.33 Å². The fourth-order valence-electron chi connectivity index (χ4n) is 11.4. The highest BCUT2D eigenvalue weighted by atomic mass is 15.0. The molecular weight excluding hydrogens is 751 g/mol. The van der Waals surface area contributed by atoms with Gasteiger partial charge in [-0.15, -0.1) is 0 Å². The van der Waals surface area contributed by atoms with Gasteiger partial charge in [0.15, 0.2) is 0 Å². The molecule has 0 fully saturated rings. The van der Waals surface area contributed by atoms with Crippen molar-refractivity contribution in [2.24, 2.45) is 0 Å². The van der Waals surface area contributed by atoms with E-state index < -0.39 is 5.41 Å². The molecule has 0 saturated heterocycles. The van der Waals surface area contributed by atoms with E-state index >= 15 is 0 Å². The van der Waals surface area contributed by atoms with E-state index in [1.165, 1.54) is 110 Å². The van der Waals surface area contributed by atoms with Crippen molar-refractivity contribution in [2.75, 3.05) is 0 Å². The molecule has 0 N–H and O–H groups in total. The second kappa shape index (κ2) is 12.4. The molecule has 10 aromatic carbocycles. The highest BCUT2D eigenvalue weighted by molar-refractivity contribution is 6.22. The van der Waals surface area contributed by atoms with Crippen molar-refractivity contribution in [3.63, 3.8) is 0 Å². The fourth-order valence-corrected chi connectivity index (χ4v) is 11.4. The minimum atomic E-state index is -0.668. The van der Waals surface area contributed by atoms with Crippen LogP contribution in [0.15, 0.2) is 213 Å². The molecule has 62 heavy (non-hydrogen) atoms. The Morgan fingerprint density at radius 3 is 1.74 bits per heavy atom. The van der Waals surface area contributed by atoms with Gasteiger partial charge in [-0.25, -0.2) is 9.97 Å². The van der Waals surface area contributed by atoms with E-state index in [-0.39, 0.29) is 0 Å². The highest BCUT2D eigenvalue weighted by Gasteiger charge is 2.53. The van der Waals surface area contributed by atoms with Crippen molar-refractivity contribution in [1.29, 1.82) is 0 Å². The van der Waals surface area contributed by atoms with Gasteiger partial charge in [0.2, 0.25) is 0 Å². The minimum Gasteiger partial charge on any atom is -0.309 e. The molecular formula is C59H35N3. The van der Waals surface area contributed by atoms with Gasteiger partial charge in [-0.2, -0.15) is 0 Å². The summed E-state index contributed by atoms with van der Waals surface area (Å²) in [6.07, 6.45) is 3.76. The summed E-state index contributed by atoms with van der Waals surface area (Å²) >= 11 is 0. The second-order valence-electron chi connectivity index (χ2n) is 16.8. The first-order valence-corrected chi connectivity index (χ1v) is 21.4. The number of rotatable bonds is 3. The molecule has 3 nitrogen and oxygen atoms in total. The summed E-state index contributed by atoms with van der Waals surface area (Å²) in [6.45, 7) is 0. The van der Waals surface area contributed by atoms with E-state index in [0.717, 1.165) is 16.9 Å². The van der Waals surface area contributed by atoms with Crippen LogP contribution in [0.1, 0.15) is 22.4 Å². The molecule has 2 aliphatic carbocycles. The summed E-state index contributed by atoms with van der Waals surface area (Å²) < 4.78 is 2.43. The molecule has 1 atom stereocenters. The predicted octanol–water partition coefficient (Wildman–Crippen LogP) is 14.7. The number of para-hydroxylation sites is 2. The van der Waals surface area contributed by atoms with Crippen LogP contribution in [-0.4, -0.2) is 14.5 Å². The lowest BCUT2D eigenvalue weighted by Crippen LogP contribution is -2.27. The topological polar surface area (TPSA) is 30.7 Å². The summed E-state index contributed by atoms with van der Waals surface area (Å²) in [5, 5.41) is 9.94. The van der Waals surface area contributed by atoms with Crippen LogP contribution in [0.4, 0.5) is 0 Å². The van der Waals surface area contributed by atoms with Crippen molar-refractivity contribution in [3.05, 3.63) is 235 Å². The van der Waals surface area contributed by atoms with E-state index in [1.54, 1.807) is 6.33 Å². The van der Waals surface area contributed by atoms with Crippen LogP contribution in [0.25, 0.3) is 104 Å². The van der Waals surface area contributed by atoms with Crippen molar-refractivity contribution in [1.82, 2.24) is 14.5 Å². The van der Waals surface area contributed by atoms with Crippen LogP contribution < -0.4 is 0 Å². The predicted molar refractivity (Wildman–Crippen MR) is 256 cm³/mol. The van der Waals surface area contributed by atoms with E-state index in [2.05, 4.69) is 210 Å². The number of hydrogen-bond acceptors (Lipinski definition) is 2. The van der Waals surface area contributed by atoms with E-state index in [4.69, 9.17) is 4.98 Å². The Labute approximate surface area is 357 Å².